The van der Waals surface area contributed by atoms with E-state index in [1.807, 2.05) is 6.07 Å². The van der Waals surface area contributed by atoms with Crippen molar-refractivity contribution in [3.63, 3.8) is 0 Å². The topological polar surface area (TPSA) is 94.1 Å². The molecular weight excluding hydrogens is 302 g/mol. The molecule has 4 rings (SSSR count). The van der Waals surface area contributed by atoms with Crippen molar-refractivity contribution in [1.29, 1.82) is 0 Å². The molecule has 0 unspecified atom stereocenters. The summed E-state index contributed by atoms with van der Waals surface area (Å²) in [6, 6.07) is 5.42. The predicted octanol–water partition coefficient (Wildman–Crippen LogP) is 0.686. The highest BCUT2D eigenvalue weighted by atomic mass is 16.7. The molecule has 7 nitrogen and oxygen atoms in total. The summed E-state index contributed by atoms with van der Waals surface area (Å²) in [4.78, 5) is 23.8. The van der Waals surface area contributed by atoms with Crippen LogP contribution in [0.1, 0.15) is 5.56 Å². The molecule has 3 aliphatic rings. The van der Waals surface area contributed by atoms with Crippen molar-refractivity contribution in [3.05, 3.63) is 35.9 Å². The van der Waals surface area contributed by atoms with Crippen molar-refractivity contribution in [2.24, 2.45) is 11.8 Å². The Hall–Kier alpha value is -2.54. The van der Waals surface area contributed by atoms with E-state index in [1.54, 1.807) is 24.3 Å². The molecular formula is C16H15NO6. The zero-order valence-electron chi connectivity index (χ0n) is 12.1. The summed E-state index contributed by atoms with van der Waals surface area (Å²) in [7, 11) is 0. The molecule has 2 N–H and O–H groups in total. The van der Waals surface area contributed by atoms with Gasteiger partial charge in [0.25, 0.3) is 0 Å². The van der Waals surface area contributed by atoms with Crippen molar-refractivity contribution in [3.8, 4) is 11.5 Å². The highest BCUT2D eigenvalue weighted by Crippen LogP contribution is 2.39. The Kier molecular flexibility index (Phi) is 3.23. The molecule has 4 atom stereocenters. The summed E-state index contributed by atoms with van der Waals surface area (Å²) >= 11 is 0. The monoisotopic (exact) mass is 317 g/mol. The molecule has 1 saturated heterocycles. The van der Waals surface area contributed by atoms with Crippen LogP contribution in [-0.2, 0) is 20.9 Å². The van der Waals surface area contributed by atoms with Gasteiger partial charge >= 0.3 is 5.97 Å². The van der Waals surface area contributed by atoms with Gasteiger partial charge in [0.1, 0.15) is 5.92 Å². The van der Waals surface area contributed by atoms with E-state index in [0.29, 0.717) is 18.0 Å². The Labute approximate surface area is 131 Å². The molecule has 0 radical (unpaired) electrons. The molecule has 1 fully saturated rings. The molecule has 1 amide bonds. The molecule has 0 saturated carbocycles. The van der Waals surface area contributed by atoms with Crippen LogP contribution in [-0.4, -0.2) is 36.0 Å². The molecule has 2 bridgehead atoms. The van der Waals surface area contributed by atoms with Crippen LogP contribution in [0.4, 0.5) is 0 Å². The first-order valence-electron chi connectivity index (χ1n) is 7.36. The number of nitrogens with one attached hydrogen (secondary N) is 1. The van der Waals surface area contributed by atoms with Gasteiger partial charge < -0.3 is 24.6 Å². The van der Waals surface area contributed by atoms with E-state index in [0.717, 1.165) is 5.56 Å². The smallest absolute Gasteiger partial charge is 0.310 e. The van der Waals surface area contributed by atoms with Crippen LogP contribution in [0.15, 0.2) is 30.4 Å². The van der Waals surface area contributed by atoms with Gasteiger partial charge in [-0.3, -0.25) is 9.59 Å². The minimum absolute atomic E-state index is 0.195. The molecule has 0 spiro atoms. The molecule has 7 heteroatoms. The van der Waals surface area contributed by atoms with E-state index in [1.165, 1.54) is 0 Å². The fraction of sp³-hybridized carbons (Fsp3) is 0.375. The lowest BCUT2D eigenvalue weighted by Crippen LogP contribution is -2.42. The number of fused-ring (bicyclic) bond motifs is 3. The van der Waals surface area contributed by atoms with E-state index >= 15 is 0 Å². The van der Waals surface area contributed by atoms with E-state index in [4.69, 9.17) is 14.2 Å². The van der Waals surface area contributed by atoms with Crippen molar-refractivity contribution in [2.75, 3.05) is 6.79 Å². The Morgan fingerprint density at radius 2 is 1.87 bits per heavy atom. The number of hydrogen-bond donors (Lipinski definition) is 2. The van der Waals surface area contributed by atoms with E-state index < -0.39 is 30.0 Å². The van der Waals surface area contributed by atoms with Crippen molar-refractivity contribution < 1.29 is 28.9 Å². The first-order valence-corrected chi connectivity index (χ1v) is 7.36. The third-order valence-corrected chi connectivity index (χ3v) is 4.39. The van der Waals surface area contributed by atoms with Gasteiger partial charge in [-0.05, 0) is 17.7 Å². The van der Waals surface area contributed by atoms with Gasteiger partial charge in [0.2, 0.25) is 12.7 Å². The van der Waals surface area contributed by atoms with Gasteiger partial charge in [0.15, 0.2) is 11.5 Å². The summed E-state index contributed by atoms with van der Waals surface area (Å²) in [6.07, 6.45) is 2.50. The summed E-state index contributed by atoms with van der Waals surface area (Å²) < 4.78 is 16.0. The lowest BCUT2D eigenvalue weighted by Gasteiger charge is -2.21. The third-order valence-electron chi connectivity index (χ3n) is 4.39. The number of hydrogen-bond acceptors (Lipinski definition) is 5. The summed E-state index contributed by atoms with van der Waals surface area (Å²) in [5.74, 6) is -1.53. The maximum absolute atomic E-state index is 12.4. The molecule has 1 aromatic rings. The van der Waals surface area contributed by atoms with Crippen LogP contribution in [0.3, 0.4) is 0 Å². The van der Waals surface area contributed by atoms with Crippen LogP contribution in [0.5, 0.6) is 11.5 Å². The quantitative estimate of drug-likeness (QED) is 0.793. The van der Waals surface area contributed by atoms with Crippen molar-refractivity contribution in [2.45, 2.75) is 18.8 Å². The van der Waals surface area contributed by atoms with Crippen LogP contribution in [0.25, 0.3) is 0 Å². The molecule has 120 valence electrons. The molecule has 3 aliphatic heterocycles. The highest BCUT2D eigenvalue weighted by molar-refractivity contribution is 5.87. The second-order valence-electron chi connectivity index (χ2n) is 5.75. The summed E-state index contributed by atoms with van der Waals surface area (Å²) in [5, 5.41) is 12.1. The minimum atomic E-state index is -1.01. The largest absolute Gasteiger partial charge is 0.481 e. The number of carboxylic acids is 1. The van der Waals surface area contributed by atoms with Crippen LogP contribution >= 0.6 is 0 Å². The highest BCUT2D eigenvalue weighted by Gasteiger charge is 2.53. The van der Waals surface area contributed by atoms with Gasteiger partial charge in [-0.1, -0.05) is 18.2 Å². The number of carbonyl (C=O) groups excluding carboxylic acids is 1. The van der Waals surface area contributed by atoms with E-state index in [2.05, 4.69) is 5.32 Å². The lowest BCUT2D eigenvalue weighted by atomic mass is 9.82. The molecule has 23 heavy (non-hydrogen) atoms. The fourth-order valence-corrected chi connectivity index (χ4v) is 3.27. The van der Waals surface area contributed by atoms with Crippen LogP contribution in [0, 0.1) is 11.8 Å². The van der Waals surface area contributed by atoms with Crippen molar-refractivity contribution >= 4 is 11.9 Å². The predicted molar refractivity (Wildman–Crippen MR) is 76.8 cm³/mol. The molecule has 1 aromatic carbocycles. The zero-order chi connectivity index (χ0) is 16.0. The third kappa shape index (κ3) is 2.33. The van der Waals surface area contributed by atoms with Gasteiger partial charge in [-0.2, -0.15) is 0 Å². The number of amides is 1. The number of benzene rings is 1. The Balaban J connectivity index is 1.44. The lowest BCUT2D eigenvalue weighted by molar-refractivity contribution is -0.146. The van der Waals surface area contributed by atoms with E-state index in [9.17, 15) is 14.7 Å². The van der Waals surface area contributed by atoms with Gasteiger partial charge in [0, 0.05) is 6.54 Å². The number of carboxylic acid groups (broad SMARTS) is 1. The molecule has 0 aliphatic carbocycles. The second-order valence-corrected chi connectivity index (χ2v) is 5.75. The summed E-state index contributed by atoms with van der Waals surface area (Å²) in [6.45, 7) is 0.486. The number of aliphatic carboxylic acids is 1. The van der Waals surface area contributed by atoms with Crippen LogP contribution in [0.2, 0.25) is 0 Å². The van der Waals surface area contributed by atoms with Crippen molar-refractivity contribution in [1.82, 2.24) is 5.32 Å². The fourth-order valence-electron chi connectivity index (χ4n) is 3.27. The van der Waals surface area contributed by atoms with Gasteiger partial charge in [-0.25, -0.2) is 0 Å². The maximum atomic E-state index is 12.4. The zero-order valence-corrected chi connectivity index (χ0v) is 12.1. The minimum Gasteiger partial charge on any atom is -0.481 e. The first kappa shape index (κ1) is 14.1. The molecule has 3 heterocycles. The Bertz CT molecular complexity index is 700. The average Bonchev–Trinajstić information content (AvgIpc) is 3.25. The Morgan fingerprint density at radius 1 is 1.13 bits per heavy atom. The standard InChI is InChI=1S/C16H15NO6/c18-15(13-10-3-4-11(23-10)14(13)16(19)20)17-6-8-1-2-9-12(5-8)22-7-21-9/h1-5,10-11,13-14H,6-7H2,(H,17,18)(H,19,20)/t10-,11+,13+,14-/m1/s1. The van der Waals surface area contributed by atoms with E-state index in [-0.39, 0.29) is 12.7 Å². The van der Waals surface area contributed by atoms with Gasteiger partial charge in [0.05, 0.1) is 18.1 Å². The maximum Gasteiger partial charge on any atom is 0.310 e. The normalized spacial score (nSPS) is 29.7. The Morgan fingerprint density at radius 3 is 2.65 bits per heavy atom. The average molecular weight is 317 g/mol. The number of rotatable bonds is 4. The number of carbonyl (C=O) groups is 2. The van der Waals surface area contributed by atoms with Crippen LogP contribution < -0.4 is 14.8 Å². The number of ether oxygens (including phenoxy) is 3. The first-order chi connectivity index (χ1) is 11.1. The second kappa shape index (κ2) is 5.27. The SMILES string of the molecule is O=C(NCc1ccc2c(c1)OCO2)[C@@H]1[C@H](C(=O)O)[C@@H]2C=C[C@H]1O2. The summed E-state index contributed by atoms with van der Waals surface area (Å²) in [5.41, 5.74) is 0.856. The molecule has 0 aromatic heterocycles. The van der Waals surface area contributed by atoms with Gasteiger partial charge in [-0.15, -0.1) is 0 Å².